The Morgan fingerprint density at radius 1 is 1.08 bits per heavy atom. The summed E-state index contributed by atoms with van der Waals surface area (Å²) in [5, 5.41) is 0. The van der Waals surface area contributed by atoms with Crippen molar-refractivity contribution in [3.05, 3.63) is 65.0 Å². The number of halogens is 1. The number of benzene rings is 2. The molecule has 128 valence electrons. The van der Waals surface area contributed by atoms with Crippen molar-refractivity contribution in [2.45, 2.75) is 32.7 Å². The molecule has 0 N–H and O–H groups in total. The second-order valence-electron chi connectivity index (χ2n) is 5.89. The van der Waals surface area contributed by atoms with Crippen LogP contribution in [-0.2, 0) is 24.2 Å². The van der Waals surface area contributed by atoms with Crippen LogP contribution in [0.5, 0.6) is 5.75 Å². The Kier molecular flexibility index (Phi) is 6.36. The molecule has 0 saturated heterocycles. The largest absolute Gasteiger partial charge is 0.494 e. The first-order valence-corrected chi connectivity index (χ1v) is 8.17. The highest BCUT2D eigenvalue weighted by molar-refractivity contribution is 5.76. The number of hydrogen-bond donors (Lipinski definition) is 0. The number of methoxy groups -OCH3 is 1. The highest BCUT2D eigenvalue weighted by Gasteiger charge is 2.11. The molecule has 2 rings (SSSR count). The predicted molar refractivity (Wildman–Crippen MR) is 93.6 cm³/mol. The Labute approximate surface area is 143 Å². The van der Waals surface area contributed by atoms with Crippen LogP contribution in [0.25, 0.3) is 0 Å². The van der Waals surface area contributed by atoms with Crippen LogP contribution >= 0.6 is 0 Å². The molecule has 0 unspecified atom stereocenters. The van der Waals surface area contributed by atoms with Gasteiger partial charge in [0.25, 0.3) is 0 Å². The predicted octanol–water partition coefficient (Wildman–Crippen LogP) is 3.99. The second-order valence-corrected chi connectivity index (χ2v) is 5.89. The normalized spacial score (nSPS) is 10.5. The van der Waals surface area contributed by atoms with E-state index in [-0.39, 0.29) is 11.7 Å². The molecule has 0 spiro atoms. The van der Waals surface area contributed by atoms with Crippen LogP contribution in [0.2, 0.25) is 0 Å². The number of hydrogen-bond acceptors (Lipinski definition) is 2. The number of nitrogens with zero attached hydrogens (tertiary/aromatic N) is 1. The number of amides is 1. The number of rotatable bonds is 7. The van der Waals surface area contributed by atoms with Gasteiger partial charge >= 0.3 is 0 Å². The van der Waals surface area contributed by atoms with Gasteiger partial charge in [-0.2, -0.15) is 0 Å². The topological polar surface area (TPSA) is 29.5 Å². The lowest BCUT2D eigenvalue weighted by Crippen LogP contribution is -2.26. The quantitative estimate of drug-likeness (QED) is 0.769. The maximum absolute atomic E-state index is 13.7. The molecule has 0 saturated carbocycles. The Morgan fingerprint density at radius 3 is 2.29 bits per heavy atom. The Bertz CT molecular complexity index is 683. The molecule has 0 fully saturated rings. The lowest BCUT2D eigenvalue weighted by Gasteiger charge is -2.18. The van der Waals surface area contributed by atoms with Crippen LogP contribution in [0.15, 0.2) is 42.5 Å². The zero-order chi connectivity index (χ0) is 17.5. The van der Waals surface area contributed by atoms with Gasteiger partial charge in [0.2, 0.25) is 5.91 Å². The van der Waals surface area contributed by atoms with E-state index in [0.29, 0.717) is 19.4 Å². The number of carbonyl (C=O) groups excluding carboxylic acids is 1. The van der Waals surface area contributed by atoms with Crippen LogP contribution in [0.4, 0.5) is 4.39 Å². The minimum Gasteiger partial charge on any atom is -0.494 e. The molecule has 2 aromatic carbocycles. The fraction of sp³-hybridized carbons (Fsp3) is 0.350. The van der Waals surface area contributed by atoms with Crippen molar-refractivity contribution >= 4 is 5.91 Å². The summed E-state index contributed by atoms with van der Waals surface area (Å²) in [5.74, 6) is -0.152. The molecule has 0 bridgehead atoms. The van der Waals surface area contributed by atoms with Crippen molar-refractivity contribution in [1.29, 1.82) is 0 Å². The Hall–Kier alpha value is -2.36. The van der Waals surface area contributed by atoms with Crippen molar-refractivity contribution in [2.24, 2.45) is 0 Å². The minimum atomic E-state index is -0.410. The lowest BCUT2D eigenvalue weighted by molar-refractivity contribution is -0.130. The average Bonchev–Trinajstić information content (AvgIpc) is 2.60. The maximum atomic E-state index is 13.7. The van der Waals surface area contributed by atoms with Gasteiger partial charge in [-0.1, -0.05) is 37.3 Å². The SMILES string of the molecule is CCc1ccc(CCC(=O)N(C)Cc2ccc(OC)c(F)c2)cc1. The highest BCUT2D eigenvalue weighted by atomic mass is 19.1. The van der Waals surface area contributed by atoms with Crippen LogP contribution in [-0.4, -0.2) is 25.0 Å². The van der Waals surface area contributed by atoms with E-state index < -0.39 is 5.82 Å². The first-order chi connectivity index (χ1) is 11.5. The molecular weight excluding hydrogens is 305 g/mol. The van der Waals surface area contributed by atoms with E-state index in [4.69, 9.17) is 4.74 Å². The summed E-state index contributed by atoms with van der Waals surface area (Å²) in [6, 6.07) is 13.1. The first kappa shape index (κ1) is 18.0. The van der Waals surface area contributed by atoms with Gasteiger partial charge in [0.1, 0.15) is 0 Å². The molecule has 0 atom stereocenters. The van der Waals surface area contributed by atoms with E-state index in [0.717, 1.165) is 17.5 Å². The highest BCUT2D eigenvalue weighted by Crippen LogP contribution is 2.18. The van der Waals surface area contributed by atoms with Gasteiger partial charge in [-0.05, 0) is 41.7 Å². The van der Waals surface area contributed by atoms with E-state index in [2.05, 4.69) is 31.2 Å². The maximum Gasteiger partial charge on any atom is 0.222 e. The molecule has 3 nitrogen and oxygen atoms in total. The second kappa shape index (κ2) is 8.48. The molecule has 0 aliphatic heterocycles. The molecule has 0 aromatic heterocycles. The van der Waals surface area contributed by atoms with Crippen molar-refractivity contribution in [3.63, 3.8) is 0 Å². The van der Waals surface area contributed by atoms with Crippen LogP contribution in [0.1, 0.15) is 30.0 Å². The number of aryl methyl sites for hydroxylation is 2. The van der Waals surface area contributed by atoms with Crippen molar-refractivity contribution in [1.82, 2.24) is 4.90 Å². The molecule has 0 aliphatic rings. The Balaban J connectivity index is 1.88. The smallest absolute Gasteiger partial charge is 0.222 e. The van der Waals surface area contributed by atoms with Crippen molar-refractivity contribution < 1.29 is 13.9 Å². The van der Waals surface area contributed by atoms with Crippen LogP contribution < -0.4 is 4.74 Å². The van der Waals surface area contributed by atoms with Gasteiger partial charge in [-0.3, -0.25) is 4.79 Å². The third-order valence-corrected chi connectivity index (χ3v) is 4.12. The molecule has 0 aliphatic carbocycles. The molecule has 0 heterocycles. The van der Waals surface area contributed by atoms with E-state index >= 15 is 0 Å². The van der Waals surface area contributed by atoms with Gasteiger partial charge in [-0.25, -0.2) is 4.39 Å². The summed E-state index contributed by atoms with van der Waals surface area (Å²) in [5.41, 5.74) is 3.20. The van der Waals surface area contributed by atoms with Crippen LogP contribution in [0.3, 0.4) is 0 Å². The molecule has 4 heteroatoms. The summed E-state index contributed by atoms with van der Waals surface area (Å²) < 4.78 is 18.6. The van der Waals surface area contributed by atoms with Gasteiger partial charge in [0.05, 0.1) is 7.11 Å². The zero-order valence-corrected chi connectivity index (χ0v) is 14.5. The average molecular weight is 329 g/mol. The fourth-order valence-electron chi connectivity index (χ4n) is 2.55. The fourth-order valence-corrected chi connectivity index (χ4v) is 2.55. The standard InChI is InChI=1S/C20H24FNO2/c1-4-15-5-7-16(8-6-15)10-12-20(23)22(2)14-17-9-11-19(24-3)18(21)13-17/h5-9,11,13H,4,10,12,14H2,1-3H3. The number of ether oxygens (including phenoxy) is 1. The summed E-state index contributed by atoms with van der Waals surface area (Å²) in [7, 11) is 3.17. The third kappa shape index (κ3) is 4.82. The molecule has 2 aromatic rings. The minimum absolute atomic E-state index is 0.0470. The lowest BCUT2D eigenvalue weighted by atomic mass is 10.1. The van der Waals surface area contributed by atoms with E-state index in [9.17, 15) is 9.18 Å². The van der Waals surface area contributed by atoms with Gasteiger partial charge in [0.15, 0.2) is 11.6 Å². The van der Waals surface area contributed by atoms with E-state index in [1.165, 1.54) is 18.7 Å². The molecule has 24 heavy (non-hydrogen) atoms. The summed E-state index contributed by atoms with van der Waals surface area (Å²) in [6.45, 7) is 2.50. The van der Waals surface area contributed by atoms with Crippen molar-refractivity contribution in [2.75, 3.05) is 14.2 Å². The van der Waals surface area contributed by atoms with Gasteiger partial charge < -0.3 is 9.64 Å². The summed E-state index contributed by atoms with van der Waals surface area (Å²) in [6.07, 6.45) is 2.17. The summed E-state index contributed by atoms with van der Waals surface area (Å²) in [4.78, 5) is 13.9. The van der Waals surface area contributed by atoms with Crippen molar-refractivity contribution in [3.8, 4) is 5.75 Å². The summed E-state index contributed by atoms with van der Waals surface area (Å²) >= 11 is 0. The molecule has 1 amide bonds. The van der Waals surface area contributed by atoms with Gasteiger partial charge in [0, 0.05) is 20.0 Å². The van der Waals surface area contributed by atoms with Gasteiger partial charge in [-0.15, -0.1) is 0 Å². The first-order valence-electron chi connectivity index (χ1n) is 8.17. The monoisotopic (exact) mass is 329 g/mol. The zero-order valence-electron chi connectivity index (χ0n) is 14.5. The van der Waals surface area contributed by atoms with E-state index in [1.54, 1.807) is 24.1 Å². The number of carbonyl (C=O) groups is 1. The van der Waals surface area contributed by atoms with Crippen LogP contribution in [0, 0.1) is 5.82 Å². The Morgan fingerprint density at radius 2 is 1.71 bits per heavy atom. The third-order valence-electron chi connectivity index (χ3n) is 4.12. The molecular formula is C20H24FNO2. The molecule has 0 radical (unpaired) electrons. The van der Waals surface area contributed by atoms with E-state index in [1.807, 2.05) is 0 Å².